The van der Waals surface area contributed by atoms with Crippen LogP contribution in [0.3, 0.4) is 0 Å². The number of aryl methyl sites for hydroxylation is 2. The molecule has 0 unspecified atom stereocenters. The Labute approximate surface area is 136 Å². The molecule has 1 heterocycles. The van der Waals surface area contributed by atoms with Gasteiger partial charge < -0.3 is 10.1 Å². The number of ether oxygens (including phenoxy) is 1. The van der Waals surface area contributed by atoms with Crippen LogP contribution in [0.15, 0.2) is 30.3 Å². The number of anilines is 3. The normalized spacial score (nSPS) is 10.2. The lowest BCUT2D eigenvalue weighted by atomic mass is 10.3. The molecule has 0 fully saturated rings. The van der Waals surface area contributed by atoms with Gasteiger partial charge in [-0.15, -0.1) is 0 Å². The smallest absolute Gasteiger partial charge is 0.411 e. The molecule has 0 atom stereocenters. The molecule has 0 saturated carbocycles. The number of carbonyl (C=O) groups is 1. The summed E-state index contributed by atoms with van der Waals surface area (Å²) >= 11 is 0. The Hall–Kier alpha value is -2.63. The second-order valence-corrected chi connectivity index (χ2v) is 5.29. The third kappa shape index (κ3) is 5.58. The number of benzene rings is 1. The zero-order valence-corrected chi connectivity index (χ0v) is 13.7. The quantitative estimate of drug-likeness (QED) is 0.782. The van der Waals surface area contributed by atoms with Crippen molar-refractivity contribution in [3.63, 3.8) is 0 Å². The minimum atomic E-state index is -0.446. The maximum atomic E-state index is 11.7. The van der Waals surface area contributed by atoms with Crippen LogP contribution in [-0.4, -0.2) is 22.7 Å². The summed E-state index contributed by atoms with van der Waals surface area (Å²) in [7, 11) is 0. The number of unbranched alkanes of at least 4 members (excludes halogenated alkanes) is 1. The van der Waals surface area contributed by atoms with Gasteiger partial charge in [-0.2, -0.15) is 0 Å². The van der Waals surface area contributed by atoms with Gasteiger partial charge in [0.1, 0.15) is 0 Å². The Morgan fingerprint density at radius 2 is 1.83 bits per heavy atom. The molecule has 2 N–H and O–H groups in total. The zero-order valence-electron chi connectivity index (χ0n) is 13.7. The second-order valence-electron chi connectivity index (χ2n) is 5.29. The van der Waals surface area contributed by atoms with E-state index in [-0.39, 0.29) is 0 Å². The Kier molecular flexibility index (Phi) is 5.91. The number of hydrogen-bond acceptors (Lipinski definition) is 5. The maximum Gasteiger partial charge on any atom is 0.411 e. The molecule has 1 amide bonds. The van der Waals surface area contributed by atoms with E-state index in [0.29, 0.717) is 18.2 Å². The second kappa shape index (κ2) is 8.12. The van der Waals surface area contributed by atoms with Gasteiger partial charge in [-0.1, -0.05) is 19.4 Å². The highest BCUT2D eigenvalue weighted by Gasteiger charge is 2.05. The summed E-state index contributed by atoms with van der Waals surface area (Å²) in [5.74, 6) is 0.533. The van der Waals surface area contributed by atoms with Gasteiger partial charge >= 0.3 is 6.09 Å². The van der Waals surface area contributed by atoms with E-state index in [1.54, 1.807) is 6.07 Å². The van der Waals surface area contributed by atoms with Crippen LogP contribution in [0.4, 0.5) is 22.1 Å². The maximum absolute atomic E-state index is 11.7. The minimum absolute atomic E-state index is 0.427. The lowest BCUT2D eigenvalue weighted by molar-refractivity contribution is 0.160. The van der Waals surface area contributed by atoms with Gasteiger partial charge in [-0.3, -0.25) is 5.32 Å². The first-order chi connectivity index (χ1) is 11.1. The molecule has 122 valence electrons. The van der Waals surface area contributed by atoms with Gasteiger partial charge in [0.05, 0.1) is 6.61 Å². The van der Waals surface area contributed by atoms with Crippen molar-refractivity contribution in [1.29, 1.82) is 0 Å². The Balaban J connectivity index is 2.00. The number of carbonyl (C=O) groups excluding carboxylic acids is 1. The molecular formula is C17H22N4O2. The summed E-state index contributed by atoms with van der Waals surface area (Å²) in [6.07, 6.45) is 1.40. The monoisotopic (exact) mass is 314 g/mol. The van der Waals surface area contributed by atoms with Gasteiger partial charge in [-0.05, 0) is 44.5 Å². The van der Waals surface area contributed by atoms with Crippen molar-refractivity contribution < 1.29 is 9.53 Å². The number of aromatic nitrogens is 2. The van der Waals surface area contributed by atoms with E-state index in [1.165, 1.54) is 0 Å². The average Bonchev–Trinajstić information content (AvgIpc) is 2.46. The molecule has 2 aromatic rings. The number of rotatable bonds is 6. The van der Waals surface area contributed by atoms with E-state index >= 15 is 0 Å². The summed E-state index contributed by atoms with van der Waals surface area (Å²) in [6.45, 7) is 6.32. The van der Waals surface area contributed by atoms with Crippen molar-refractivity contribution in [2.24, 2.45) is 0 Å². The Morgan fingerprint density at radius 1 is 1.13 bits per heavy atom. The van der Waals surface area contributed by atoms with Gasteiger partial charge in [0.25, 0.3) is 0 Å². The summed E-state index contributed by atoms with van der Waals surface area (Å²) in [5, 5.41) is 5.84. The average molecular weight is 314 g/mol. The standard InChI is InChI=1S/C17H22N4O2/c1-4-5-9-23-17(22)21-15-8-6-7-14(11-15)20-16-18-12(2)10-13(3)19-16/h6-8,10-11H,4-5,9H2,1-3H3,(H,21,22)(H,18,19,20). The van der Waals surface area contributed by atoms with Gasteiger partial charge in [-0.25, -0.2) is 14.8 Å². The van der Waals surface area contributed by atoms with Crippen LogP contribution in [0.25, 0.3) is 0 Å². The predicted octanol–water partition coefficient (Wildman–Crippen LogP) is 4.19. The number of nitrogens with zero attached hydrogens (tertiary/aromatic N) is 2. The van der Waals surface area contributed by atoms with Crippen LogP contribution in [0.5, 0.6) is 0 Å². The fraction of sp³-hybridized carbons (Fsp3) is 0.353. The lowest BCUT2D eigenvalue weighted by Gasteiger charge is -2.10. The van der Waals surface area contributed by atoms with Crippen LogP contribution in [0, 0.1) is 13.8 Å². The molecule has 0 aliphatic carbocycles. The van der Waals surface area contributed by atoms with Crippen LogP contribution in [-0.2, 0) is 4.74 Å². The molecule has 6 nitrogen and oxygen atoms in total. The van der Waals surface area contributed by atoms with E-state index in [2.05, 4.69) is 20.6 Å². The predicted molar refractivity (Wildman–Crippen MR) is 91.1 cm³/mol. The van der Waals surface area contributed by atoms with Crippen molar-refractivity contribution in [3.8, 4) is 0 Å². The zero-order chi connectivity index (χ0) is 16.7. The Morgan fingerprint density at radius 3 is 2.52 bits per heavy atom. The van der Waals surface area contributed by atoms with Crippen molar-refractivity contribution >= 4 is 23.4 Å². The van der Waals surface area contributed by atoms with Gasteiger partial charge in [0.2, 0.25) is 5.95 Å². The minimum Gasteiger partial charge on any atom is -0.449 e. The van der Waals surface area contributed by atoms with Crippen LogP contribution in [0.1, 0.15) is 31.2 Å². The summed E-state index contributed by atoms with van der Waals surface area (Å²) in [4.78, 5) is 20.3. The molecule has 23 heavy (non-hydrogen) atoms. The first kappa shape index (κ1) is 16.7. The molecule has 1 aromatic carbocycles. The van der Waals surface area contributed by atoms with Crippen molar-refractivity contribution in [2.75, 3.05) is 17.2 Å². The molecule has 0 aliphatic rings. The highest BCUT2D eigenvalue weighted by molar-refractivity contribution is 5.85. The van der Waals surface area contributed by atoms with Crippen LogP contribution in [0.2, 0.25) is 0 Å². The summed E-state index contributed by atoms with van der Waals surface area (Å²) in [6, 6.07) is 9.24. The fourth-order valence-electron chi connectivity index (χ4n) is 2.05. The summed E-state index contributed by atoms with van der Waals surface area (Å²) < 4.78 is 5.08. The van der Waals surface area contributed by atoms with Crippen molar-refractivity contribution in [1.82, 2.24) is 9.97 Å². The molecule has 0 bridgehead atoms. The first-order valence-electron chi connectivity index (χ1n) is 7.70. The Bertz CT molecular complexity index is 653. The topological polar surface area (TPSA) is 76.1 Å². The highest BCUT2D eigenvalue weighted by Crippen LogP contribution is 2.18. The van der Waals surface area contributed by atoms with E-state index in [4.69, 9.17) is 4.74 Å². The van der Waals surface area contributed by atoms with Gasteiger partial charge in [0, 0.05) is 22.8 Å². The van der Waals surface area contributed by atoms with E-state index in [1.807, 2.05) is 45.0 Å². The van der Waals surface area contributed by atoms with Crippen molar-refractivity contribution in [3.05, 3.63) is 41.7 Å². The molecule has 0 radical (unpaired) electrons. The molecule has 1 aromatic heterocycles. The van der Waals surface area contributed by atoms with Gasteiger partial charge in [0.15, 0.2) is 0 Å². The van der Waals surface area contributed by atoms with Crippen LogP contribution >= 0.6 is 0 Å². The molecule has 6 heteroatoms. The summed E-state index contributed by atoms with van der Waals surface area (Å²) in [5.41, 5.74) is 3.24. The third-order valence-corrected chi connectivity index (χ3v) is 3.08. The van der Waals surface area contributed by atoms with Crippen molar-refractivity contribution in [2.45, 2.75) is 33.6 Å². The first-order valence-corrected chi connectivity index (χ1v) is 7.70. The molecular weight excluding hydrogens is 292 g/mol. The molecule has 0 saturated heterocycles. The molecule has 0 aliphatic heterocycles. The largest absolute Gasteiger partial charge is 0.449 e. The lowest BCUT2D eigenvalue weighted by Crippen LogP contribution is -2.14. The van der Waals surface area contributed by atoms with E-state index in [0.717, 1.165) is 29.9 Å². The van der Waals surface area contributed by atoms with E-state index in [9.17, 15) is 4.79 Å². The third-order valence-electron chi connectivity index (χ3n) is 3.08. The van der Waals surface area contributed by atoms with E-state index < -0.39 is 6.09 Å². The fourth-order valence-corrected chi connectivity index (χ4v) is 2.05. The number of amides is 1. The number of nitrogens with one attached hydrogen (secondary N) is 2. The highest BCUT2D eigenvalue weighted by atomic mass is 16.5. The molecule has 0 spiro atoms. The van der Waals surface area contributed by atoms with Crippen LogP contribution < -0.4 is 10.6 Å². The number of hydrogen-bond donors (Lipinski definition) is 2. The SMILES string of the molecule is CCCCOC(=O)Nc1cccc(Nc2nc(C)cc(C)n2)c1. The molecule has 2 rings (SSSR count).